The molecule has 0 aliphatic carbocycles. The van der Waals surface area contributed by atoms with E-state index in [0.717, 1.165) is 12.1 Å². The maximum absolute atomic E-state index is 13.3. The molecule has 0 spiro atoms. The van der Waals surface area contributed by atoms with Gasteiger partial charge >= 0.3 is 0 Å². The molecule has 1 aromatic carbocycles. The third-order valence-electron chi connectivity index (χ3n) is 3.02. The van der Waals surface area contributed by atoms with Gasteiger partial charge in [-0.2, -0.15) is 0 Å². The number of halogens is 1. The predicted octanol–water partition coefficient (Wildman–Crippen LogP) is 2.09. The number of rotatable bonds is 7. The van der Waals surface area contributed by atoms with Crippen LogP contribution in [-0.4, -0.2) is 29.2 Å². The van der Waals surface area contributed by atoms with Gasteiger partial charge in [0.1, 0.15) is 28.3 Å². The summed E-state index contributed by atoms with van der Waals surface area (Å²) >= 11 is 0. The third kappa shape index (κ3) is 3.65. The average Bonchev–Trinajstić information content (AvgIpc) is 3.02. The number of methoxy groups -OCH3 is 2. The molecule has 1 heterocycles. The van der Waals surface area contributed by atoms with Crippen LogP contribution in [0, 0.1) is 5.82 Å². The van der Waals surface area contributed by atoms with E-state index in [0.29, 0.717) is 5.76 Å². The highest BCUT2D eigenvalue weighted by Gasteiger charge is 2.23. The molecule has 1 atom stereocenters. The lowest BCUT2D eigenvalue weighted by atomic mass is 10.3. The largest absolute Gasteiger partial charge is 0.495 e. The minimum atomic E-state index is -3.96. The van der Waals surface area contributed by atoms with Crippen molar-refractivity contribution in [2.75, 3.05) is 20.8 Å². The number of hydrogen-bond acceptors (Lipinski definition) is 5. The molecule has 8 heteroatoms. The highest BCUT2D eigenvalue weighted by Crippen LogP contribution is 2.25. The summed E-state index contributed by atoms with van der Waals surface area (Å²) in [6.45, 7) is -0.0635. The van der Waals surface area contributed by atoms with E-state index in [2.05, 4.69) is 4.72 Å². The maximum Gasteiger partial charge on any atom is 0.244 e. The Balaban J connectivity index is 2.19. The fraction of sp³-hybridized carbons (Fsp3) is 0.286. The number of hydrogen-bond donors (Lipinski definition) is 1. The first-order chi connectivity index (χ1) is 10.5. The normalized spacial score (nSPS) is 13.0. The fourth-order valence-corrected chi connectivity index (χ4v) is 3.11. The van der Waals surface area contributed by atoms with Gasteiger partial charge in [0.15, 0.2) is 0 Å². The first-order valence-electron chi connectivity index (χ1n) is 6.37. The van der Waals surface area contributed by atoms with Gasteiger partial charge in [-0.1, -0.05) is 0 Å². The molecule has 2 rings (SSSR count). The second-order valence-corrected chi connectivity index (χ2v) is 6.12. The second kappa shape index (κ2) is 6.91. The molecule has 0 aliphatic rings. The Morgan fingerprint density at radius 3 is 2.68 bits per heavy atom. The van der Waals surface area contributed by atoms with Crippen LogP contribution in [0.15, 0.2) is 45.9 Å². The monoisotopic (exact) mass is 329 g/mol. The van der Waals surface area contributed by atoms with Crippen molar-refractivity contribution in [3.8, 4) is 5.75 Å². The zero-order valence-electron chi connectivity index (χ0n) is 12.1. The summed E-state index contributed by atoms with van der Waals surface area (Å²) in [6, 6.07) is 6.62. The van der Waals surface area contributed by atoms with Crippen molar-refractivity contribution >= 4 is 10.0 Å². The van der Waals surface area contributed by atoms with Crippen LogP contribution in [0.3, 0.4) is 0 Å². The maximum atomic E-state index is 13.3. The van der Waals surface area contributed by atoms with Crippen LogP contribution in [0.2, 0.25) is 0 Å². The van der Waals surface area contributed by atoms with Crippen LogP contribution in [-0.2, 0) is 14.8 Å². The van der Waals surface area contributed by atoms with Crippen molar-refractivity contribution in [3.05, 3.63) is 48.2 Å². The van der Waals surface area contributed by atoms with Gasteiger partial charge < -0.3 is 13.9 Å². The molecular weight excluding hydrogens is 313 g/mol. The Kier molecular flexibility index (Phi) is 5.17. The first-order valence-corrected chi connectivity index (χ1v) is 7.85. The highest BCUT2D eigenvalue weighted by molar-refractivity contribution is 7.89. The number of ether oxygens (including phenoxy) is 2. The second-order valence-electron chi connectivity index (χ2n) is 4.39. The lowest BCUT2D eigenvalue weighted by Gasteiger charge is -2.15. The van der Waals surface area contributed by atoms with Crippen LogP contribution >= 0.6 is 0 Å². The SMILES string of the molecule is COc1ccc(F)cc1S(=O)(=O)NC[C@@H](OC)c1ccco1. The molecule has 22 heavy (non-hydrogen) atoms. The minimum Gasteiger partial charge on any atom is -0.495 e. The molecule has 1 N–H and O–H groups in total. The van der Waals surface area contributed by atoms with E-state index in [1.54, 1.807) is 12.1 Å². The van der Waals surface area contributed by atoms with Crippen molar-refractivity contribution in [3.63, 3.8) is 0 Å². The molecule has 0 bridgehead atoms. The van der Waals surface area contributed by atoms with E-state index in [-0.39, 0.29) is 17.2 Å². The van der Waals surface area contributed by atoms with Gasteiger partial charge in [-0.25, -0.2) is 17.5 Å². The first kappa shape index (κ1) is 16.5. The van der Waals surface area contributed by atoms with Crippen LogP contribution in [0.25, 0.3) is 0 Å². The average molecular weight is 329 g/mol. The summed E-state index contributed by atoms with van der Waals surface area (Å²) in [5.41, 5.74) is 0. The standard InChI is InChI=1S/C14H16FNO5S/c1-19-12-6-5-10(15)8-14(12)22(17,18)16-9-13(20-2)11-4-3-7-21-11/h3-8,13,16H,9H2,1-2H3/t13-/m1/s1. The van der Waals surface area contributed by atoms with Crippen LogP contribution in [0.1, 0.15) is 11.9 Å². The van der Waals surface area contributed by atoms with E-state index in [9.17, 15) is 12.8 Å². The van der Waals surface area contributed by atoms with Crippen LogP contribution in [0.4, 0.5) is 4.39 Å². The van der Waals surface area contributed by atoms with Crippen molar-refractivity contribution in [2.24, 2.45) is 0 Å². The number of sulfonamides is 1. The Morgan fingerprint density at radius 1 is 1.32 bits per heavy atom. The van der Waals surface area contributed by atoms with E-state index in [4.69, 9.17) is 13.9 Å². The number of furan rings is 1. The molecule has 0 saturated heterocycles. The number of benzene rings is 1. The molecule has 0 fully saturated rings. The Morgan fingerprint density at radius 2 is 2.09 bits per heavy atom. The fourth-order valence-electron chi connectivity index (χ4n) is 1.90. The van der Waals surface area contributed by atoms with Gasteiger partial charge in [0.25, 0.3) is 0 Å². The molecule has 2 aromatic rings. The Labute approximate surface area is 127 Å². The van der Waals surface area contributed by atoms with Crippen molar-refractivity contribution in [1.82, 2.24) is 4.72 Å². The summed E-state index contributed by atoms with van der Waals surface area (Å²) in [6.07, 6.45) is 0.871. The molecule has 0 radical (unpaired) electrons. The highest BCUT2D eigenvalue weighted by atomic mass is 32.2. The Hall–Kier alpha value is -1.90. The third-order valence-corrected chi connectivity index (χ3v) is 4.46. The van der Waals surface area contributed by atoms with Crippen LogP contribution < -0.4 is 9.46 Å². The lowest BCUT2D eigenvalue weighted by molar-refractivity contribution is 0.0878. The smallest absolute Gasteiger partial charge is 0.244 e. The lowest BCUT2D eigenvalue weighted by Crippen LogP contribution is -2.29. The molecule has 6 nitrogen and oxygen atoms in total. The minimum absolute atomic E-state index is 0.0564. The molecule has 0 aliphatic heterocycles. The number of nitrogens with one attached hydrogen (secondary N) is 1. The summed E-state index contributed by atoms with van der Waals surface area (Å²) in [5, 5.41) is 0. The van der Waals surface area contributed by atoms with Crippen molar-refractivity contribution < 1.29 is 26.7 Å². The van der Waals surface area contributed by atoms with Gasteiger partial charge in [0.2, 0.25) is 10.0 Å². The Bertz CT molecular complexity index is 715. The molecule has 0 saturated carbocycles. The topological polar surface area (TPSA) is 77.8 Å². The van der Waals surface area contributed by atoms with Gasteiger partial charge in [-0.05, 0) is 30.3 Å². The van der Waals surface area contributed by atoms with E-state index < -0.39 is 21.9 Å². The van der Waals surface area contributed by atoms with Crippen molar-refractivity contribution in [2.45, 2.75) is 11.0 Å². The van der Waals surface area contributed by atoms with Gasteiger partial charge in [0, 0.05) is 13.7 Å². The molecule has 0 unspecified atom stereocenters. The van der Waals surface area contributed by atoms with Crippen molar-refractivity contribution in [1.29, 1.82) is 0 Å². The predicted molar refractivity (Wildman–Crippen MR) is 76.6 cm³/mol. The molecule has 120 valence electrons. The summed E-state index contributed by atoms with van der Waals surface area (Å²) in [4.78, 5) is -0.274. The van der Waals surface area contributed by atoms with E-state index >= 15 is 0 Å². The summed E-state index contributed by atoms with van der Waals surface area (Å²) in [7, 11) is -1.21. The van der Waals surface area contributed by atoms with Gasteiger partial charge in [-0.15, -0.1) is 0 Å². The van der Waals surface area contributed by atoms with E-state index in [1.165, 1.54) is 26.5 Å². The zero-order chi connectivity index (χ0) is 16.2. The molecule has 0 amide bonds. The van der Waals surface area contributed by atoms with Crippen LogP contribution in [0.5, 0.6) is 5.75 Å². The van der Waals surface area contributed by atoms with E-state index in [1.807, 2.05) is 0 Å². The summed E-state index contributed by atoms with van der Waals surface area (Å²) in [5.74, 6) is -0.132. The quantitative estimate of drug-likeness (QED) is 0.841. The molecule has 1 aromatic heterocycles. The molecular formula is C14H16FNO5S. The zero-order valence-corrected chi connectivity index (χ0v) is 12.9. The summed E-state index contributed by atoms with van der Waals surface area (Å²) < 4.78 is 55.6. The van der Waals surface area contributed by atoms with Gasteiger partial charge in [0.05, 0.1) is 13.4 Å². The van der Waals surface area contributed by atoms with Gasteiger partial charge in [-0.3, -0.25) is 0 Å².